The second-order valence-corrected chi connectivity index (χ2v) is 4.16. The van der Waals surface area contributed by atoms with E-state index >= 15 is 0 Å². The minimum Gasteiger partial charge on any atom is -0.491 e. The molecule has 0 bridgehead atoms. The summed E-state index contributed by atoms with van der Waals surface area (Å²) in [7, 11) is 1.70. The lowest BCUT2D eigenvalue weighted by molar-refractivity contribution is 0.107. The SMILES string of the molecule is CCNCC(O)COc1ccc(CCOC)cc1. The molecular weight excluding hydrogens is 230 g/mol. The monoisotopic (exact) mass is 253 g/mol. The molecule has 0 amide bonds. The van der Waals surface area contributed by atoms with Gasteiger partial charge in [-0.15, -0.1) is 0 Å². The van der Waals surface area contributed by atoms with E-state index in [2.05, 4.69) is 5.32 Å². The predicted octanol–water partition coefficient (Wildman–Crippen LogP) is 1.22. The second kappa shape index (κ2) is 8.91. The zero-order valence-electron chi connectivity index (χ0n) is 11.2. The first kappa shape index (κ1) is 15.0. The summed E-state index contributed by atoms with van der Waals surface area (Å²) in [4.78, 5) is 0. The molecule has 0 radical (unpaired) electrons. The van der Waals surface area contributed by atoms with Gasteiger partial charge in [-0.05, 0) is 30.7 Å². The number of nitrogens with one attached hydrogen (secondary N) is 1. The molecule has 0 aliphatic heterocycles. The Labute approximate surface area is 109 Å². The van der Waals surface area contributed by atoms with E-state index in [9.17, 15) is 5.11 Å². The number of ether oxygens (including phenoxy) is 2. The first-order valence-electron chi connectivity index (χ1n) is 6.35. The van der Waals surface area contributed by atoms with E-state index in [4.69, 9.17) is 9.47 Å². The highest BCUT2D eigenvalue weighted by molar-refractivity contribution is 5.27. The molecule has 1 unspecified atom stereocenters. The molecule has 0 aliphatic carbocycles. The minimum atomic E-state index is -0.474. The number of benzene rings is 1. The number of hydrogen-bond acceptors (Lipinski definition) is 4. The van der Waals surface area contributed by atoms with E-state index in [-0.39, 0.29) is 0 Å². The Bertz CT molecular complexity index is 313. The van der Waals surface area contributed by atoms with Crippen molar-refractivity contribution in [1.82, 2.24) is 5.32 Å². The maximum atomic E-state index is 9.61. The van der Waals surface area contributed by atoms with E-state index in [0.717, 1.165) is 25.3 Å². The number of rotatable bonds is 9. The van der Waals surface area contributed by atoms with Gasteiger partial charge in [0.1, 0.15) is 18.5 Å². The summed E-state index contributed by atoms with van der Waals surface area (Å²) in [5, 5.41) is 12.7. The number of hydrogen-bond donors (Lipinski definition) is 2. The first-order valence-corrected chi connectivity index (χ1v) is 6.35. The molecule has 4 nitrogen and oxygen atoms in total. The van der Waals surface area contributed by atoms with Crippen LogP contribution in [0.2, 0.25) is 0 Å². The van der Waals surface area contributed by atoms with Gasteiger partial charge in [-0.3, -0.25) is 0 Å². The van der Waals surface area contributed by atoms with Crippen molar-refractivity contribution in [2.24, 2.45) is 0 Å². The van der Waals surface area contributed by atoms with Crippen LogP contribution in [0.3, 0.4) is 0 Å². The van der Waals surface area contributed by atoms with E-state index in [1.165, 1.54) is 5.56 Å². The van der Waals surface area contributed by atoms with E-state index < -0.39 is 6.10 Å². The van der Waals surface area contributed by atoms with E-state index in [1.54, 1.807) is 7.11 Å². The Balaban J connectivity index is 2.30. The average Bonchev–Trinajstić information content (AvgIpc) is 2.41. The summed E-state index contributed by atoms with van der Waals surface area (Å²) >= 11 is 0. The molecule has 4 heteroatoms. The van der Waals surface area contributed by atoms with Gasteiger partial charge < -0.3 is 19.9 Å². The van der Waals surface area contributed by atoms with Gasteiger partial charge in [0.15, 0.2) is 0 Å². The number of aliphatic hydroxyl groups is 1. The normalized spacial score (nSPS) is 12.4. The van der Waals surface area contributed by atoms with Crippen LogP contribution in [0.4, 0.5) is 0 Å². The summed E-state index contributed by atoms with van der Waals surface area (Å²) in [6.45, 7) is 4.45. The molecule has 0 heterocycles. The van der Waals surface area contributed by atoms with Crippen molar-refractivity contribution >= 4 is 0 Å². The van der Waals surface area contributed by atoms with Crippen molar-refractivity contribution in [3.8, 4) is 5.75 Å². The van der Waals surface area contributed by atoms with Crippen LogP contribution in [0.15, 0.2) is 24.3 Å². The van der Waals surface area contributed by atoms with E-state index in [0.29, 0.717) is 13.2 Å². The molecule has 0 aliphatic rings. The fraction of sp³-hybridized carbons (Fsp3) is 0.571. The van der Waals surface area contributed by atoms with Gasteiger partial charge in [-0.1, -0.05) is 19.1 Å². The third kappa shape index (κ3) is 6.00. The van der Waals surface area contributed by atoms with Gasteiger partial charge in [0.25, 0.3) is 0 Å². The smallest absolute Gasteiger partial charge is 0.119 e. The average molecular weight is 253 g/mol. The largest absolute Gasteiger partial charge is 0.491 e. The van der Waals surface area contributed by atoms with Crippen molar-refractivity contribution in [1.29, 1.82) is 0 Å². The Morgan fingerprint density at radius 1 is 1.28 bits per heavy atom. The molecule has 2 N–H and O–H groups in total. The fourth-order valence-electron chi connectivity index (χ4n) is 1.53. The summed E-state index contributed by atoms with van der Waals surface area (Å²) in [6.07, 6.45) is 0.429. The Morgan fingerprint density at radius 2 is 2.00 bits per heavy atom. The highest BCUT2D eigenvalue weighted by Gasteiger charge is 2.04. The lowest BCUT2D eigenvalue weighted by Crippen LogP contribution is -2.31. The molecular formula is C14H23NO3. The van der Waals surface area contributed by atoms with Gasteiger partial charge >= 0.3 is 0 Å². The zero-order valence-corrected chi connectivity index (χ0v) is 11.2. The van der Waals surface area contributed by atoms with Crippen molar-refractivity contribution in [2.45, 2.75) is 19.4 Å². The number of methoxy groups -OCH3 is 1. The van der Waals surface area contributed by atoms with Crippen molar-refractivity contribution in [3.63, 3.8) is 0 Å². The summed E-state index contributed by atoms with van der Waals surface area (Å²) in [5.74, 6) is 0.784. The van der Waals surface area contributed by atoms with Crippen LogP contribution in [0, 0.1) is 0 Å². The van der Waals surface area contributed by atoms with Crippen LogP contribution in [-0.2, 0) is 11.2 Å². The summed E-state index contributed by atoms with van der Waals surface area (Å²) in [6, 6.07) is 7.88. The third-order valence-electron chi connectivity index (χ3n) is 2.59. The highest BCUT2D eigenvalue weighted by Crippen LogP contribution is 2.12. The van der Waals surface area contributed by atoms with Crippen LogP contribution >= 0.6 is 0 Å². The highest BCUT2D eigenvalue weighted by atomic mass is 16.5. The molecule has 0 aromatic heterocycles. The Morgan fingerprint density at radius 3 is 2.61 bits per heavy atom. The quantitative estimate of drug-likeness (QED) is 0.695. The molecule has 1 rings (SSSR count). The molecule has 1 aromatic rings. The van der Waals surface area contributed by atoms with E-state index in [1.807, 2.05) is 31.2 Å². The third-order valence-corrected chi connectivity index (χ3v) is 2.59. The van der Waals surface area contributed by atoms with Crippen LogP contribution in [0.5, 0.6) is 5.75 Å². The fourth-order valence-corrected chi connectivity index (χ4v) is 1.53. The molecule has 18 heavy (non-hydrogen) atoms. The number of aliphatic hydroxyl groups excluding tert-OH is 1. The van der Waals surface area contributed by atoms with Gasteiger partial charge in [0.05, 0.1) is 6.61 Å². The second-order valence-electron chi connectivity index (χ2n) is 4.16. The van der Waals surface area contributed by atoms with Crippen LogP contribution < -0.4 is 10.1 Å². The molecule has 0 saturated heterocycles. The van der Waals surface area contributed by atoms with Crippen molar-refractivity contribution in [3.05, 3.63) is 29.8 Å². The molecule has 0 fully saturated rings. The molecule has 1 aromatic carbocycles. The summed E-state index contributed by atoms with van der Waals surface area (Å²) < 4.78 is 10.5. The lowest BCUT2D eigenvalue weighted by atomic mass is 10.1. The Hall–Kier alpha value is -1.10. The minimum absolute atomic E-state index is 0.310. The van der Waals surface area contributed by atoms with Gasteiger partial charge in [-0.25, -0.2) is 0 Å². The summed E-state index contributed by atoms with van der Waals surface area (Å²) in [5.41, 5.74) is 1.22. The molecule has 0 spiro atoms. The number of likely N-dealkylation sites (N-methyl/N-ethyl adjacent to an activating group) is 1. The van der Waals surface area contributed by atoms with Crippen LogP contribution in [-0.4, -0.2) is 44.6 Å². The first-order chi connectivity index (χ1) is 8.76. The van der Waals surface area contributed by atoms with Gasteiger partial charge in [0, 0.05) is 13.7 Å². The maximum Gasteiger partial charge on any atom is 0.119 e. The molecule has 0 saturated carbocycles. The van der Waals surface area contributed by atoms with Crippen molar-refractivity contribution < 1.29 is 14.6 Å². The van der Waals surface area contributed by atoms with Crippen LogP contribution in [0.1, 0.15) is 12.5 Å². The standard InChI is InChI=1S/C14H23NO3/c1-3-15-10-13(16)11-18-14-6-4-12(5-7-14)8-9-17-2/h4-7,13,15-16H,3,8-11H2,1-2H3. The lowest BCUT2D eigenvalue weighted by Gasteiger charge is -2.12. The zero-order chi connectivity index (χ0) is 13.2. The maximum absolute atomic E-state index is 9.61. The Kier molecular flexibility index (Phi) is 7.41. The van der Waals surface area contributed by atoms with Crippen LogP contribution in [0.25, 0.3) is 0 Å². The molecule has 102 valence electrons. The van der Waals surface area contributed by atoms with Gasteiger partial charge in [-0.2, -0.15) is 0 Å². The van der Waals surface area contributed by atoms with Crippen molar-refractivity contribution in [2.75, 3.05) is 33.4 Å². The van der Waals surface area contributed by atoms with Gasteiger partial charge in [0.2, 0.25) is 0 Å². The topological polar surface area (TPSA) is 50.7 Å². The molecule has 1 atom stereocenters. The predicted molar refractivity (Wildman–Crippen MR) is 72.1 cm³/mol.